The third-order valence-corrected chi connectivity index (χ3v) is 3.61. The number of pyridine rings is 1. The van der Waals surface area contributed by atoms with Gasteiger partial charge in [0, 0.05) is 12.6 Å². The van der Waals surface area contributed by atoms with Gasteiger partial charge in [-0.3, -0.25) is 0 Å². The van der Waals surface area contributed by atoms with Crippen LogP contribution in [0, 0.1) is 0 Å². The highest BCUT2D eigenvalue weighted by atomic mass is 79.9. The van der Waals surface area contributed by atoms with E-state index in [2.05, 4.69) is 26.0 Å². The number of hydrazone groups is 1. The Morgan fingerprint density at radius 1 is 1.50 bits per heavy atom. The molecule has 0 saturated carbocycles. The Morgan fingerprint density at radius 2 is 2.28 bits per heavy atom. The Bertz CT molecular complexity index is 493. The molecule has 1 aromatic rings. The van der Waals surface area contributed by atoms with Gasteiger partial charge in [-0.1, -0.05) is 11.6 Å². The normalized spacial score (nSPS) is 31.2. The molecule has 0 aliphatic carbocycles. The molecule has 1 unspecified atom stereocenters. The van der Waals surface area contributed by atoms with Crippen molar-refractivity contribution < 1.29 is 9.47 Å². The van der Waals surface area contributed by atoms with Crippen LogP contribution in [-0.4, -0.2) is 28.2 Å². The van der Waals surface area contributed by atoms with E-state index in [1.165, 1.54) is 0 Å². The summed E-state index contributed by atoms with van der Waals surface area (Å²) in [6, 6.07) is 3.53. The quantitative estimate of drug-likeness (QED) is 0.835. The van der Waals surface area contributed by atoms with Crippen LogP contribution in [0.2, 0.25) is 5.02 Å². The van der Waals surface area contributed by atoms with Gasteiger partial charge in [0.05, 0.1) is 5.02 Å². The van der Waals surface area contributed by atoms with Crippen LogP contribution in [0.25, 0.3) is 0 Å². The molecule has 0 bridgehead atoms. The van der Waals surface area contributed by atoms with Gasteiger partial charge in [-0.2, -0.15) is 5.10 Å². The Labute approximate surface area is 118 Å². The molecule has 0 spiro atoms. The SMILES string of the molecule is CC1OC(C2CC(Br)=NN2c2ncccc2Cl)O1. The molecule has 0 radical (unpaired) electrons. The number of halogens is 2. The summed E-state index contributed by atoms with van der Waals surface area (Å²) in [5.41, 5.74) is 0. The molecule has 1 atom stereocenters. The number of ether oxygens (including phenoxy) is 2. The van der Waals surface area contributed by atoms with Crippen LogP contribution in [-0.2, 0) is 9.47 Å². The average molecular weight is 333 g/mol. The van der Waals surface area contributed by atoms with E-state index in [1.54, 1.807) is 23.3 Å². The zero-order valence-electron chi connectivity index (χ0n) is 9.59. The first-order chi connectivity index (χ1) is 8.65. The maximum absolute atomic E-state index is 6.14. The van der Waals surface area contributed by atoms with E-state index >= 15 is 0 Å². The maximum atomic E-state index is 6.14. The fraction of sp³-hybridized carbons (Fsp3) is 0.455. The van der Waals surface area contributed by atoms with Crippen molar-refractivity contribution in [2.75, 3.05) is 5.01 Å². The molecule has 0 N–H and O–H groups in total. The highest BCUT2D eigenvalue weighted by molar-refractivity contribution is 9.18. The van der Waals surface area contributed by atoms with Crippen molar-refractivity contribution in [2.24, 2.45) is 5.10 Å². The third-order valence-electron chi connectivity index (χ3n) is 2.83. The first-order valence-corrected chi connectivity index (χ1v) is 6.76. The molecular weight excluding hydrogens is 321 g/mol. The lowest BCUT2D eigenvalue weighted by atomic mass is 10.2. The van der Waals surface area contributed by atoms with Gasteiger partial charge >= 0.3 is 0 Å². The van der Waals surface area contributed by atoms with Crippen molar-refractivity contribution in [3.63, 3.8) is 0 Å². The summed E-state index contributed by atoms with van der Waals surface area (Å²) in [6.45, 7) is 1.86. The first-order valence-electron chi connectivity index (χ1n) is 5.59. The molecule has 96 valence electrons. The van der Waals surface area contributed by atoms with Gasteiger partial charge in [0.15, 0.2) is 18.4 Å². The minimum absolute atomic E-state index is 0.0389. The van der Waals surface area contributed by atoms with Gasteiger partial charge in [-0.05, 0) is 35.0 Å². The number of anilines is 1. The van der Waals surface area contributed by atoms with Crippen LogP contribution in [0.5, 0.6) is 0 Å². The molecule has 3 rings (SSSR count). The van der Waals surface area contributed by atoms with Crippen LogP contribution < -0.4 is 5.01 Å². The zero-order valence-corrected chi connectivity index (χ0v) is 11.9. The molecule has 7 heteroatoms. The second-order valence-corrected chi connectivity index (χ2v) is 5.43. The Hall–Kier alpha value is -0.690. The average Bonchev–Trinajstić information content (AvgIpc) is 2.67. The number of nitrogens with zero attached hydrogens (tertiary/aromatic N) is 3. The minimum Gasteiger partial charge on any atom is -0.322 e. The highest BCUT2D eigenvalue weighted by Crippen LogP contribution is 2.35. The molecular formula is C11H11BrClN3O2. The van der Waals surface area contributed by atoms with Crippen molar-refractivity contribution in [3.8, 4) is 0 Å². The van der Waals surface area contributed by atoms with E-state index in [9.17, 15) is 0 Å². The van der Waals surface area contributed by atoms with E-state index in [-0.39, 0.29) is 18.6 Å². The summed E-state index contributed by atoms with van der Waals surface area (Å²) < 4.78 is 11.9. The number of rotatable bonds is 2. The van der Waals surface area contributed by atoms with Gasteiger partial charge < -0.3 is 9.47 Å². The topological polar surface area (TPSA) is 47.0 Å². The summed E-state index contributed by atoms with van der Waals surface area (Å²) in [6.07, 6.45) is 1.95. The standard InChI is InChI=1S/C11H11BrClN3O2/c1-6-17-11(18-6)8-5-9(12)15-16(8)10-7(13)3-2-4-14-10/h2-4,6,8,11H,5H2,1H3. The summed E-state index contributed by atoms with van der Waals surface area (Å²) in [5, 5.41) is 6.70. The second kappa shape index (κ2) is 4.77. The highest BCUT2D eigenvalue weighted by Gasteiger charge is 2.42. The summed E-state index contributed by atoms with van der Waals surface area (Å²) in [7, 11) is 0. The van der Waals surface area contributed by atoms with E-state index < -0.39 is 0 Å². The van der Waals surface area contributed by atoms with Crippen LogP contribution >= 0.6 is 27.5 Å². The predicted molar refractivity (Wildman–Crippen MR) is 71.9 cm³/mol. The first kappa shape index (κ1) is 12.3. The molecule has 18 heavy (non-hydrogen) atoms. The smallest absolute Gasteiger partial charge is 0.186 e. The summed E-state index contributed by atoms with van der Waals surface area (Å²) >= 11 is 9.55. The van der Waals surface area contributed by atoms with Gasteiger partial charge in [0.25, 0.3) is 0 Å². The zero-order chi connectivity index (χ0) is 12.7. The third kappa shape index (κ3) is 2.14. The van der Waals surface area contributed by atoms with Gasteiger partial charge in [-0.25, -0.2) is 9.99 Å². The molecule has 5 nitrogen and oxygen atoms in total. The van der Waals surface area contributed by atoms with Gasteiger partial charge in [-0.15, -0.1) is 0 Å². The van der Waals surface area contributed by atoms with E-state index in [0.717, 1.165) is 4.62 Å². The number of aromatic nitrogens is 1. The van der Waals surface area contributed by atoms with Gasteiger partial charge in [0.2, 0.25) is 0 Å². The molecule has 3 heterocycles. The molecule has 0 amide bonds. The van der Waals surface area contributed by atoms with Crippen LogP contribution in [0.4, 0.5) is 5.82 Å². The van der Waals surface area contributed by atoms with Gasteiger partial charge in [0.1, 0.15) is 10.7 Å². The minimum atomic E-state index is -0.295. The number of hydrogen-bond acceptors (Lipinski definition) is 5. The lowest BCUT2D eigenvalue weighted by molar-refractivity contribution is -0.380. The van der Waals surface area contributed by atoms with Crippen molar-refractivity contribution in [1.82, 2.24) is 4.98 Å². The largest absolute Gasteiger partial charge is 0.322 e. The molecule has 2 aliphatic heterocycles. The second-order valence-electron chi connectivity index (χ2n) is 4.11. The molecule has 2 aliphatic rings. The van der Waals surface area contributed by atoms with E-state index in [1.807, 2.05) is 6.92 Å². The Balaban J connectivity index is 1.86. The fourth-order valence-electron chi connectivity index (χ4n) is 2.02. The van der Waals surface area contributed by atoms with Crippen molar-refractivity contribution >= 4 is 38.0 Å². The van der Waals surface area contributed by atoms with Crippen LogP contribution in [0.3, 0.4) is 0 Å². The summed E-state index contributed by atoms with van der Waals surface area (Å²) in [4.78, 5) is 4.26. The van der Waals surface area contributed by atoms with Crippen molar-refractivity contribution in [1.29, 1.82) is 0 Å². The molecule has 1 saturated heterocycles. The Morgan fingerprint density at radius 3 is 2.94 bits per heavy atom. The van der Waals surface area contributed by atoms with Crippen molar-refractivity contribution in [3.05, 3.63) is 23.4 Å². The molecule has 1 fully saturated rings. The van der Waals surface area contributed by atoms with Crippen molar-refractivity contribution in [2.45, 2.75) is 32.0 Å². The van der Waals surface area contributed by atoms with Crippen LogP contribution in [0.15, 0.2) is 23.4 Å². The predicted octanol–water partition coefficient (Wildman–Crippen LogP) is 2.74. The van der Waals surface area contributed by atoms with E-state index in [0.29, 0.717) is 17.3 Å². The fourth-order valence-corrected chi connectivity index (χ4v) is 2.73. The molecule has 1 aromatic heterocycles. The maximum Gasteiger partial charge on any atom is 0.186 e. The summed E-state index contributed by atoms with van der Waals surface area (Å²) in [5.74, 6) is 0.616. The lowest BCUT2D eigenvalue weighted by Gasteiger charge is -2.39. The van der Waals surface area contributed by atoms with E-state index in [4.69, 9.17) is 21.1 Å². The Kier molecular flexibility index (Phi) is 3.27. The lowest BCUT2D eigenvalue weighted by Crippen LogP contribution is -2.51. The van der Waals surface area contributed by atoms with Crippen LogP contribution in [0.1, 0.15) is 13.3 Å². The number of hydrogen-bond donors (Lipinski definition) is 0. The monoisotopic (exact) mass is 331 g/mol. The molecule has 0 aromatic carbocycles.